The summed E-state index contributed by atoms with van der Waals surface area (Å²) in [6.45, 7) is 1.04. The molecular formula is C27H28N4O5. The lowest BCUT2D eigenvalue weighted by molar-refractivity contribution is -0.130. The maximum absolute atomic E-state index is 13.0. The predicted octanol–water partition coefficient (Wildman–Crippen LogP) is 3.64. The normalized spacial score (nSPS) is 15.0. The Kier molecular flexibility index (Phi) is 8.02. The summed E-state index contributed by atoms with van der Waals surface area (Å²) in [4.78, 5) is 39.5. The van der Waals surface area contributed by atoms with Crippen molar-refractivity contribution in [2.45, 2.75) is 19.1 Å². The van der Waals surface area contributed by atoms with Crippen LogP contribution in [0.5, 0.6) is 11.5 Å². The van der Waals surface area contributed by atoms with E-state index in [-0.39, 0.29) is 24.8 Å². The average Bonchev–Trinajstić information content (AvgIpc) is 2.90. The van der Waals surface area contributed by atoms with E-state index in [1.54, 1.807) is 55.6 Å². The molecule has 186 valence electrons. The number of ether oxygens (including phenoxy) is 2. The van der Waals surface area contributed by atoms with E-state index in [1.807, 2.05) is 30.3 Å². The second kappa shape index (κ2) is 11.7. The highest BCUT2D eigenvalue weighted by Crippen LogP contribution is 2.20. The average molecular weight is 489 g/mol. The Morgan fingerprint density at radius 1 is 0.917 bits per heavy atom. The second-order valence-electron chi connectivity index (χ2n) is 8.21. The van der Waals surface area contributed by atoms with Gasteiger partial charge in [-0.25, -0.2) is 4.79 Å². The first-order chi connectivity index (χ1) is 17.5. The predicted molar refractivity (Wildman–Crippen MR) is 136 cm³/mol. The quantitative estimate of drug-likeness (QED) is 0.449. The van der Waals surface area contributed by atoms with Crippen LogP contribution in [0.2, 0.25) is 0 Å². The van der Waals surface area contributed by atoms with Crippen LogP contribution in [0.3, 0.4) is 0 Å². The van der Waals surface area contributed by atoms with Crippen molar-refractivity contribution >= 4 is 29.2 Å². The van der Waals surface area contributed by atoms with Crippen molar-refractivity contribution in [1.82, 2.24) is 10.2 Å². The van der Waals surface area contributed by atoms with E-state index < -0.39 is 12.1 Å². The summed E-state index contributed by atoms with van der Waals surface area (Å²) >= 11 is 0. The van der Waals surface area contributed by atoms with Gasteiger partial charge in [0.15, 0.2) is 0 Å². The topological polar surface area (TPSA) is 109 Å². The van der Waals surface area contributed by atoms with Crippen molar-refractivity contribution < 1.29 is 23.9 Å². The van der Waals surface area contributed by atoms with E-state index in [1.165, 1.54) is 4.90 Å². The zero-order chi connectivity index (χ0) is 25.3. The summed E-state index contributed by atoms with van der Waals surface area (Å²) in [6, 6.07) is 22.3. The minimum atomic E-state index is -0.925. The zero-order valence-corrected chi connectivity index (χ0v) is 19.9. The Balaban J connectivity index is 1.33. The minimum Gasteiger partial charge on any atom is -0.497 e. The Morgan fingerprint density at radius 3 is 2.22 bits per heavy atom. The number of nitrogens with one attached hydrogen (secondary N) is 3. The molecular weight excluding hydrogens is 460 g/mol. The third-order valence-electron chi connectivity index (χ3n) is 5.70. The first-order valence-corrected chi connectivity index (χ1v) is 11.6. The zero-order valence-electron chi connectivity index (χ0n) is 19.9. The summed E-state index contributed by atoms with van der Waals surface area (Å²) in [6.07, 6.45) is -0.169. The Bertz CT molecular complexity index is 1180. The van der Waals surface area contributed by atoms with Crippen LogP contribution in [0.4, 0.5) is 16.2 Å². The van der Waals surface area contributed by atoms with Crippen LogP contribution in [0, 0.1) is 0 Å². The number of benzene rings is 3. The lowest BCUT2D eigenvalue weighted by Gasteiger charge is -2.34. The van der Waals surface area contributed by atoms with Crippen LogP contribution in [0.15, 0.2) is 78.9 Å². The van der Waals surface area contributed by atoms with Gasteiger partial charge in [-0.3, -0.25) is 9.59 Å². The van der Waals surface area contributed by atoms with E-state index >= 15 is 0 Å². The molecule has 0 radical (unpaired) electrons. The lowest BCUT2D eigenvalue weighted by Crippen LogP contribution is -2.59. The summed E-state index contributed by atoms with van der Waals surface area (Å²) in [5.41, 5.74) is 2.18. The van der Waals surface area contributed by atoms with Gasteiger partial charge < -0.3 is 30.3 Å². The van der Waals surface area contributed by atoms with Gasteiger partial charge in [-0.15, -0.1) is 0 Å². The lowest BCUT2D eigenvalue weighted by atomic mass is 10.1. The Hall–Kier alpha value is -4.53. The molecule has 0 spiro atoms. The highest BCUT2D eigenvalue weighted by molar-refractivity contribution is 5.99. The first-order valence-electron chi connectivity index (χ1n) is 11.6. The number of methoxy groups -OCH3 is 1. The van der Waals surface area contributed by atoms with Crippen molar-refractivity contribution in [2.24, 2.45) is 0 Å². The number of urea groups is 1. The van der Waals surface area contributed by atoms with Crippen LogP contribution in [0.25, 0.3) is 0 Å². The molecule has 1 heterocycles. The molecule has 3 aromatic carbocycles. The number of rotatable bonds is 8. The van der Waals surface area contributed by atoms with Crippen molar-refractivity contribution in [3.05, 3.63) is 84.4 Å². The van der Waals surface area contributed by atoms with Gasteiger partial charge in [-0.1, -0.05) is 30.3 Å². The SMILES string of the molecule is COc1ccc(NC(=O)C[C@@H]2C(=O)NCCN2C(=O)Nc2ccc(OCc3ccccc3)cc2)cc1. The van der Waals surface area contributed by atoms with Gasteiger partial charge >= 0.3 is 6.03 Å². The summed E-state index contributed by atoms with van der Waals surface area (Å²) in [5.74, 6) is 0.589. The first kappa shape index (κ1) is 24.6. The molecule has 36 heavy (non-hydrogen) atoms. The molecule has 1 atom stereocenters. The van der Waals surface area contributed by atoms with Crippen molar-refractivity contribution in [1.29, 1.82) is 0 Å². The van der Waals surface area contributed by atoms with Crippen LogP contribution in [-0.2, 0) is 16.2 Å². The number of anilines is 2. The van der Waals surface area contributed by atoms with Crippen molar-refractivity contribution in [3.63, 3.8) is 0 Å². The fraction of sp³-hybridized carbons (Fsp3) is 0.222. The second-order valence-corrected chi connectivity index (χ2v) is 8.21. The Morgan fingerprint density at radius 2 is 1.56 bits per heavy atom. The molecule has 3 N–H and O–H groups in total. The number of carbonyl (C=O) groups is 3. The molecule has 4 rings (SSSR count). The molecule has 3 aromatic rings. The minimum absolute atomic E-state index is 0.169. The molecule has 1 aliphatic rings. The van der Waals surface area contributed by atoms with Gasteiger partial charge in [0, 0.05) is 24.5 Å². The number of nitrogens with zero attached hydrogens (tertiary/aromatic N) is 1. The number of hydrogen-bond acceptors (Lipinski definition) is 5. The van der Waals surface area contributed by atoms with E-state index in [0.717, 1.165) is 5.56 Å². The molecule has 1 aliphatic heterocycles. The van der Waals surface area contributed by atoms with Crippen LogP contribution in [-0.4, -0.2) is 49.0 Å². The summed E-state index contributed by atoms with van der Waals surface area (Å²) in [5, 5.41) is 8.28. The molecule has 0 saturated carbocycles. The molecule has 0 aromatic heterocycles. The van der Waals surface area contributed by atoms with Gasteiger partial charge in [0.1, 0.15) is 24.1 Å². The molecule has 0 bridgehead atoms. The number of hydrogen-bond donors (Lipinski definition) is 3. The van der Waals surface area contributed by atoms with Crippen LogP contribution in [0.1, 0.15) is 12.0 Å². The fourth-order valence-corrected chi connectivity index (χ4v) is 3.79. The molecule has 1 fully saturated rings. The number of piperazine rings is 1. The highest BCUT2D eigenvalue weighted by Gasteiger charge is 2.34. The molecule has 1 saturated heterocycles. The maximum atomic E-state index is 13.0. The van der Waals surface area contributed by atoms with E-state index in [2.05, 4.69) is 16.0 Å². The van der Waals surface area contributed by atoms with Gasteiger partial charge in [0.2, 0.25) is 11.8 Å². The van der Waals surface area contributed by atoms with Gasteiger partial charge in [-0.05, 0) is 54.1 Å². The van der Waals surface area contributed by atoms with E-state index in [9.17, 15) is 14.4 Å². The summed E-state index contributed by atoms with van der Waals surface area (Å²) in [7, 11) is 1.56. The molecule has 9 nitrogen and oxygen atoms in total. The van der Waals surface area contributed by atoms with Crippen LogP contribution >= 0.6 is 0 Å². The van der Waals surface area contributed by atoms with Crippen molar-refractivity contribution in [2.75, 3.05) is 30.8 Å². The Labute approximate surface area is 209 Å². The smallest absolute Gasteiger partial charge is 0.322 e. The molecule has 4 amide bonds. The monoisotopic (exact) mass is 488 g/mol. The fourth-order valence-electron chi connectivity index (χ4n) is 3.79. The maximum Gasteiger partial charge on any atom is 0.322 e. The van der Waals surface area contributed by atoms with E-state index in [4.69, 9.17) is 9.47 Å². The standard InChI is InChI=1S/C27H28N4O5/c1-35-22-11-7-20(8-12-22)29-25(32)17-24-26(33)28-15-16-31(24)27(34)30-21-9-13-23(14-10-21)36-18-19-5-3-2-4-6-19/h2-14,24H,15-18H2,1H3,(H,28,33)(H,29,32)(H,30,34)/t24-/m1/s1. The van der Waals surface area contributed by atoms with Gasteiger partial charge in [0.05, 0.1) is 13.5 Å². The third kappa shape index (κ3) is 6.53. The highest BCUT2D eigenvalue weighted by atomic mass is 16.5. The van der Waals surface area contributed by atoms with Crippen LogP contribution < -0.4 is 25.4 Å². The largest absolute Gasteiger partial charge is 0.497 e. The number of carbonyl (C=O) groups excluding carboxylic acids is 3. The van der Waals surface area contributed by atoms with E-state index in [0.29, 0.717) is 36.0 Å². The van der Waals surface area contributed by atoms with Crippen molar-refractivity contribution in [3.8, 4) is 11.5 Å². The molecule has 0 aliphatic carbocycles. The van der Waals surface area contributed by atoms with Gasteiger partial charge in [-0.2, -0.15) is 0 Å². The molecule has 9 heteroatoms. The number of amides is 4. The van der Waals surface area contributed by atoms with Gasteiger partial charge in [0.25, 0.3) is 0 Å². The third-order valence-corrected chi connectivity index (χ3v) is 5.70. The summed E-state index contributed by atoms with van der Waals surface area (Å²) < 4.78 is 10.9. The molecule has 0 unspecified atom stereocenters.